The molecule has 2 N–H and O–H groups in total. The number of halogens is 2. The van der Waals surface area contributed by atoms with Crippen LogP contribution in [0.25, 0.3) is 0 Å². The van der Waals surface area contributed by atoms with Gasteiger partial charge in [-0.3, -0.25) is 0 Å². The molecule has 0 bridgehead atoms. The lowest BCUT2D eigenvalue weighted by Crippen LogP contribution is -2.26. The summed E-state index contributed by atoms with van der Waals surface area (Å²) in [4.78, 5) is 0. The molecule has 0 saturated heterocycles. The Morgan fingerprint density at radius 1 is 1.31 bits per heavy atom. The highest BCUT2D eigenvalue weighted by Gasteiger charge is 2.22. The Kier molecular flexibility index (Phi) is 5.60. The lowest BCUT2D eigenvalue weighted by atomic mass is 9.83. The van der Waals surface area contributed by atoms with Gasteiger partial charge in [-0.05, 0) is 23.1 Å². The standard InChI is InChI=1S/C12H18ClNO.ClH/c1-12(2,3)11(14)8-5-6-9(13)10(7-8)15-4;/h5-7,11H,14H2,1-4H3;1H/t11-;/m1./s1. The van der Waals surface area contributed by atoms with Gasteiger partial charge in [0, 0.05) is 6.04 Å². The van der Waals surface area contributed by atoms with Crippen LogP contribution >= 0.6 is 24.0 Å². The van der Waals surface area contributed by atoms with Gasteiger partial charge in [0.2, 0.25) is 0 Å². The fraction of sp³-hybridized carbons (Fsp3) is 0.500. The van der Waals surface area contributed by atoms with E-state index in [0.717, 1.165) is 5.56 Å². The number of rotatable bonds is 2. The fourth-order valence-corrected chi connectivity index (χ4v) is 1.56. The van der Waals surface area contributed by atoms with Crippen LogP contribution in [0.2, 0.25) is 5.02 Å². The molecule has 0 fully saturated rings. The third kappa shape index (κ3) is 3.55. The second-order valence-electron chi connectivity index (χ2n) is 4.74. The van der Waals surface area contributed by atoms with Gasteiger partial charge in [0.25, 0.3) is 0 Å². The van der Waals surface area contributed by atoms with Gasteiger partial charge in [0.1, 0.15) is 5.75 Å². The van der Waals surface area contributed by atoms with E-state index < -0.39 is 0 Å². The first-order valence-corrected chi connectivity index (χ1v) is 5.33. The quantitative estimate of drug-likeness (QED) is 0.881. The molecule has 0 radical (unpaired) electrons. The van der Waals surface area contributed by atoms with Crippen molar-refractivity contribution in [3.05, 3.63) is 28.8 Å². The minimum absolute atomic E-state index is 0. The molecular formula is C12H19Cl2NO. The topological polar surface area (TPSA) is 35.2 Å². The van der Waals surface area contributed by atoms with E-state index in [9.17, 15) is 0 Å². The van der Waals surface area contributed by atoms with Gasteiger partial charge in [-0.1, -0.05) is 38.4 Å². The van der Waals surface area contributed by atoms with Crippen molar-refractivity contribution in [1.29, 1.82) is 0 Å². The van der Waals surface area contributed by atoms with Gasteiger partial charge in [0.15, 0.2) is 0 Å². The first-order valence-electron chi connectivity index (χ1n) is 4.95. The minimum atomic E-state index is -0.0244. The van der Waals surface area contributed by atoms with Gasteiger partial charge in [-0.25, -0.2) is 0 Å². The number of hydrogen-bond donors (Lipinski definition) is 1. The third-order valence-corrected chi connectivity index (χ3v) is 2.78. The first-order chi connectivity index (χ1) is 6.86. The predicted octanol–water partition coefficient (Wildman–Crippen LogP) is 3.82. The molecule has 16 heavy (non-hydrogen) atoms. The molecule has 0 aliphatic heterocycles. The molecule has 4 heteroatoms. The van der Waals surface area contributed by atoms with Crippen molar-refractivity contribution in [2.45, 2.75) is 26.8 Å². The molecule has 0 aromatic heterocycles. The van der Waals surface area contributed by atoms with Crippen LogP contribution in [0, 0.1) is 5.41 Å². The van der Waals surface area contributed by atoms with E-state index in [1.165, 1.54) is 0 Å². The Balaban J connectivity index is 0.00000225. The van der Waals surface area contributed by atoms with Crippen molar-refractivity contribution >= 4 is 24.0 Å². The van der Waals surface area contributed by atoms with Gasteiger partial charge in [-0.2, -0.15) is 0 Å². The molecular weight excluding hydrogens is 245 g/mol. The van der Waals surface area contributed by atoms with Crippen molar-refractivity contribution in [2.24, 2.45) is 11.1 Å². The summed E-state index contributed by atoms with van der Waals surface area (Å²) < 4.78 is 5.16. The lowest BCUT2D eigenvalue weighted by Gasteiger charge is -2.27. The zero-order chi connectivity index (χ0) is 11.6. The predicted molar refractivity (Wildman–Crippen MR) is 71.6 cm³/mol. The van der Waals surface area contributed by atoms with E-state index >= 15 is 0 Å². The van der Waals surface area contributed by atoms with Gasteiger partial charge in [0.05, 0.1) is 12.1 Å². The smallest absolute Gasteiger partial charge is 0.137 e. The van der Waals surface area contributed by atoms with Crippen molar-refractivity contribution in [1.82, 2.24) is 0 Å². The van der Waals surface area contributed by atoms with Crippen molar-refractivity contribution in [3.8, 4) is 5.75 Å². The molecule has 0 aliphatic rings. The van der Waals surface area contributed by atoms with Crippen LogP contribution in [0.15, 0.2) is 18.2 Å². The highest BCUT2D eigenvalue weighted by molar-refractivity contribution is 6.32. The fourth-order valence-electron chi connectivity index (χ4n) is 1.37. The third-order valence-electron chi connectivity index (χ3n) is 2.47. The minimum Gasteiger partial charge on any atom is -0.495 e. The molecule has 2 nitrogen and oxygen atoms in total. The Morgan fingerprint density at radius 2 is 1.88 bits per heavy atom. The number of benzene rings is 1. The molecule has 1 atom stereocenters. The molecule has 1 aromatic rings. The molecule has 0 saturated carbocycles. The highest BCUT2D eigenvalue weighted by atomic mass is 35.5. The molecule has 0 aliphatic carbocycles. The molecule has 0 amide bonds. The van der Waals surface area contributed by atoms with Crippen LogP contribution in [0.4, 0.5) is 0 Å². The SMILES string of the molecule is COc1cc([C@@H](N)C(C)(C)C)ccc1Cl.Cl. The average Bonchev–Trinajstić information content (AvgIpc) is 2.16. The van der Waals surface area contributed by atoms with Crippen LogP contribution in [0.3, 0.4) is 0 Å². The number of hydrogen-bond acceptors (Lipinski definition) is 2. The average molecular weight is 264 g/mol. The Hall–Kier alpha value is -0.440. The van der Waals surface area contributed by atoms with Crippen LogP contribution in [-0.4, -0.2) is 7.11 Å². The Labute approximate surface area is 109 Å². The summed E-state index contributed by atoms with van der Waals surface area (Å²) >= 11 is 5.95. The van der Waals surface area contributed by atoms with Crippen molar-refractivity contribution in [3.63, 3.8) is 0 Å². The van der Waals surface area contributed by atoms with E-state index in [2.05, 4.69) is 20.8 Å². The number of ether oxygens (including phenoxy) is 1. The van der Waals surface area contributed by atoms with Crippen LogP contribution in [0.5, 0.6) is 5.75 Å². The largest absolute Gasteiger partial charge is 0.495 e. The molecule has 92 valence electrons. The highest BCUT2D eigenvalue weighted by Crippen LogP contribution is 2.34. The number of nitrogens with two attached hydrogens (primary N) is 1. The monoisotopic (exact) mass is 263 g/mol. The first kappa shape index (κ1) is 15.6. The summed E-state index contributed by atoms with van der Waals surface area (Å²) in [6, 6.07) is 5.64. The van der Waals surface area contributed by atoms with E-state index in [1.807, 2.05) is 18.2 Å². The Bertz CT molecular complexity index is 347. The summed E-state index contributed by atoms with van der Waals surface area (Å²) in [6.45, 7) is 6.33. The van der Waals surface area contributed by atoms with Crippen LogP contribution < -0.4 is 10.5 Å². The second kappa shape index (κ2) is 5.76. The van der Waals surface area contributed by atoms with Crippen molar-refractivity contribution in [2.75, 3.05) is 7.11 Å². The van der Waals surface area contributed by atoms with Crippen LogP contribution in [0.1, 0.15) is 32.4 Å². The van der Waals surface area contributed by atoms with Crippen molar-refractivity contribution < 1.29 is 4.74 Å². The lowest BCUT2D eigenvalue weighted by molar-refractivity contribution is 0.325. The maximum atomic E-state index is 6.15. The summed E-state index contributed by atoms with van der Waals surface area (Å²) in [7, 11) is 1.60. The zero-order valence-electron chi connectivity index (χ0n) is 10.1. The van der Waals surface area contributed by atoms with E-state index in [4.69, 9.17) is 22.1 Å². The summed E-state index contributed by atoms with van der Waals surface area (Å²) in [6.07, 6.45) is 0. The maximum Gasteiger partial charge on any atom is 0.137 e. The Morgan fingerprint density at radius 3 is 2.31 bits per heavy atom. The van der Waals surface area contributed by atoms with Gasteiger partial charge in [-0.15, -0.1) is 12.4 Å². The molecule has 1 aromatic carbocycles. The zero-order valence-corrected chi connectivity index (χ0v) is 11.7. The number of methoxy groups -OCH3 is 1. The maximum absolute atomic E-state index is 6.15. The molecule has 0 spiro atoms. The van der Waals surface area contributed by atoms with Gasteiger partial charge >= 0.3 is 0 Å². The molecule has 0 unspecified atom stereocenters. The summed E-state index contributed by atoms with van der Waals surface area (Å²) in [5.74, 6) is 0.675. The molecule has 0 heterocycles. The second-order valence-corrected chi connectivity index (χ2v) is 5.14. The van der Waals surface area contributed by atoms with E-state index in [1.54, 1.807) is 7.11 Å². The van der Waals surface area contributed by atoms with Gasteiger partial charge < -0.3 is 10.5 Å². The van der Waals surface area contributed by atoms with E-state index in [0.29, 0.717) is 10.8 Å². The van der Waals surface area contributed by atoms with Crippen LogP contribution in [-0.2, 0) is 0 Å². The van der Waals surface area contributed by atoms with E-state index in [-0.39, 0.29) is 23.9 Å². The normalized spacial score (nSPS) is 12.9. The summed E-state index contributed by atoms with van der Waals surface area (Å²) in [5.41, 5.74) is 7.22. The summed E-state index contributed by atoms with van der Waals surface area (Å²) in [5, 5.41) is 0.613. The molecule has 1 rings (SSSR count).